The second kappa shape index (κ2) is 15.1. The molecule has 0 aliphatic carbocycles. The molecule has 5 rings (SSSR count). The van der Waals surface area contributed by atoms with Crippen LogP contribution in [0.3, 0.4) is 0 Å². The number of halogens is 4. The molecule has 0 spiro atoms. The molecule has 4 aromatic rings. The van der Waals surface area contributed by atoms with Crippen molar-refractivity contribution < 1.29 is 46.3 Å². The number of aliphatic carboxylic acids is 2. The van der Waals surface area contributed by atoms with E-state index in [9.17, 15) is 24.0 Å². The van der Waals surface area contributed by atoms with Crippen molar-refractivity contribution in [2.24, 2.45) is 15.7 Å². The van der Waals surface area contributed by atoms with Crippen LogP contribution in [0.4, 0.5) is 17.6 Å². The van der Waals surface area contributed by atoms with Gasteiger partial charge in [0.15, 0.2) is 17.4 Å². The first-order valence-corrected chi connectivity index (χ1v) is 17.4. The van der Waals surface area contributed by atoms with E-state index in [0.717, 1.165) is 12.1 Å². The molecule has 51 heavy (non-hydrogen) atoms. The van der Waals surface area contributed by atoms with Gasteiger partial charge >= 0.3 is 11.9 Å². The van der Waals surface area contributed by atoms with Crippen molar-refractivity contribution in [2.75, 3.05) is 12.8 Å². The van der Waals surface area contributed by atoms with E-state index in [0.29, 0.717) is 22.0 Å². The van der Waals surface area contributed by atoms with Crippen molar-refractivity contribution in [3.05, 3.63) is 94.7 Å². The Morgan fingerprint density at radius 1 is 1.08 bits per heavy atom. The van der Waals surface area contributed by atoms with E-state index in [1.54, 1.807) is 37.3 Å². The van der Waals surface area contributed by atoms with Gasteiger partial charge in [0.2, 0.25) is 5.92 Å². The molecule has 0 radical (unpaired) electrons. The number of benzene rings is 3. The first-order valence-electron chi connectivity index (χ1n) is 16.0. The van der Waals surface area contributed by atoms with Gasteiger partial charge in [-0.2, -0.15) is 0 Å². The van der Waals surface area contributed by atoms with Gasteiger partial charge in [-0.3, -0.25) is 18.8 Å². The van der Waals surface area contributed by atoms with Crippen LogP contribution >= 0.6 is 0 Å². The molecule has 10 nitrogen and oxygen atoms in total. The number of hydrogen-bond acceptors (Lipinski definition) is 6. The Morgan fingerprint density at radius 3 is 2.55 bits per heavy atom. The van der Waals surface area contributed by atoms with Crippen LogP contribution in [0.15, 0.2) is 70.8 Å². The maximum atomic E-state index is 15.7. The summed E-state index contributed by atoms with van der Waals surface area (Å²) in [5.74, 6) is -9.30. The summed E-state index contributed by atoms with van der Waals surface area (Å²) in [6, 6.07) is 12.7. The normalized spacial score (nSPS) is 22.3. The number of alkyl halides is 2. The second-order valence-electron chi connectivity index (χ2n) is 12.5. The van der Waals surface area contributed by atoms with Gasteiger partial charge in [-0.25, -0.2) is 22.6 Å². The highest BCUT2D eigenvalue weighted by Crippen LogP contribution is 2.39. The van der Waals surface area contributed by atoms with E-state index >= 15 is 17.6 Å². The highest BCUT2D eigenvalue weighted by Gasteiger charge is 2.39. The summed E-state index contributed by atoms with van der Waals surface area (Å²) in [6.07, 6.45) is -1.09. The third-order valence-electron chi connectivity index (χ3n) is 9.10. The number of aromatic amines is 1. The molecule has 0 amide bonds. The van der Waals surface area contributed by atoms with Gasteiger partial charge < -0.3 is 25.7 Å². The van der Waals surface area contributed by atoms with Gasteiger partial charge in [0.05, 0.1) is 11.0 Å². The number of aromatic nitrogens is 1. The topological polar surface area (TPSA) is 167 Å². The monoisotopic (exact) mass is 728 g/mol. The maximum absolute atomic E-state index is 15.7. The molecule has 270 valence electrons. The summed E-state index contributed by atoms with van der Waals surface area (Å²) in [5, 5.41) is 17.9. The number of carbonyl (C=O) groups is 2. The predicted octanol–water partition coefficient (Wildman–Crippen LogP) is 6.51. The fraction of sp³-hybridized carbons (Fsp3) is 0.333. The zero-order valence-corrected chi connectivity index (χ0v) is 28.5. The van der Waals surface area contributed by atoms with Crippen LogP contribution in [-0.4, -0.2) is 67.0 Å². The number of nitrogens with two attached hydrogens (primary N) is 1. The number of nitrogens with zero attached hydrogens (tertiary/aromatic N) is 2. The number of aliphatic imine (C=N–C) groups is 2. The van der Waals surface area contributed by atoms with Crippen molar-refractivity contribution in [1.29, 1.82) is 0 Å². The molecule has 0 saturated heterocycles. The largest absolute Gasteiger partial charge is 0.481 e. The van der Waals surface area contributed by atoms with Crippen LogP contribution in [0.1, 0.15) is 54.9 Å². The zero-order chi connectivity index (χ0) is 37.1. The smallest absolute Gasteiger partial charge is 0.319 e. The van der Waals surface area contributed by atoms with Crippen LogP contribution in [0.2, 0.25) is 0 Å². The molecule has 0 saturated carbocycles. The minimum absolute atomic E-state index is 0.0266. The summed E-state index contributed by atoms with van der Waals surface area (Å²) in [6.45, 7) is 1.57. The molecule has 2 heterocycles. The summed E-state index contributed by atoms with van der Waals surface area (Å²) >= 11 is 0. The van der Waals surface area contributed by atoms with Gasteiger partial charge in [0.25, 0.3) is 0 Å². The maximum Gasteiger partial charge on any atom is 0.319 e. The molecular formula is C36H36F4N4O6S. The van der Waals surface area contributed by atoms with Crippen LogP contribution in [0.25, 0.3) is 10.9 Å². The standard InChI is InChI=1S/C36H36F4N4O6S/c1-35(21-5-3-4-20(16-21)6-9-30(45)46)11-12-36(39,40)13-15-51(49)29(33(47)48)18-24-23-10-14-43-28(23)19-27(38)31(24)50-22-7-8-26(37)25(17-22)32(42-2)44-34(35)41/h3-5,7-8,10,14,16-17,19,29,43H,6,9,11-13,15,18H2,1-2H3,(H,45,46)(H,47,48)(H2,41,42,44). The molecule has 15 heteroatoms. The lowest BCUT2D eigenvalue weighted by atomic mass is 9.75. The third kappa shape index (κ3) is 8.30. The fourth-order valence-electron chi connectivity index (χ4n) is 6.03. The Kier molecular flexibility index (Phi) is 11.0. The molecule has 2 bridgehead atoms. The molecule has 3 unspecified atom stereocenters. The van der Waals surface area contributed by atoms with E-state index in [2.05, 4.69) is 15.0 Å². The van der Waals surface area contributed by atoms with E-state index in [4.69, 9.17) is 10.5 Å². The van der Waals surface area contributed by atoms with Gasteiger partial charge in [-0.15, -0.1) is 0 Å². The number of fused-ring (bicyclic) bond motifs is 5. The van der Waals surface area contributed by atoms with E-state index in [-0.39, 0.29) is 47.8 Å². The fourth-order valence-corrected chi connectivity index (χ4v) is 7.39. The number of H-pyrrole nitrogens is 1. The van der Waals surface area contributed by atoms with Crippen molar-refractivity contribution in [2.45, 2.75) is 62.0 Å². The summed E-state index contributed by atoms with van der Waals surface area (Å²) < 4.78 is 81.7. The SMILES string of the molecule is CN=C1N=C(N)C(C)(c2cccc(CCC(=O)O)c2)CCC(F)(F)CCS(=O)C(C(=O)O)Cc2c(c(F)cc3[nH]ccc23)Oc2ccc(F)c1c2. The zero-order valence-electron chi connectivity index (χ0n) is 27.7. The molecule has 0 fully saturated rings. The van der Waals surface area contributed by atoms with Crippen LogP contribution in [0, 0.1) is 11.6 Å². The van der Waals surface area contributed by atoms with E-state index < -0.39 is 81.7 Å². The van der Waals surface area contributed by atoms with Gasteiger partial charge in [-0.05, 0) is 55.2 Å². The number of hydrogen-bond donors (Lipinski definition) is 4. The predicted molar refractivity (Wildman–Crippen MR) is 186 cm³/mol. The summed E-state index contributed by atoms with van der Waals surface area (Å²) in [4.78, 5) is 35.0. The highest BCUT2D eigenvalue weighted by molar-refractivity contribution is 7.86. The molecule has 5 N–H and O–H groups in total. The third-order valence-corrected chi connectivity index (χ3v) is 10.7. The molecule has 1 aliphatic rings. The number of rotatable bonds is 5. The minimum atomic E-state index is -3.45. The average Bonchev–Trinajstić information content (AvgIpc) is 3.56. The molecule has 1 aromatic heterocycles. The lowest BCUT2D eigenvalue weighted by molar-refractivity contribution is -0.137. The minimum Gasteiger partial charge on any atom is -0.481 e. The number of ether oxygens (including phenoxy) is 1. The quantitative estimate of drug-likeness (QED) is 0.170. The van der Waals surface area contributed by atoms with Gasteiger partial charge in [0, 0.05) is 78.0 Å². The summed E-state index contributed by atoms with van der Waals surface area (Å²) in [7, 11) is -1.01. The molecular weight excluding hydrogens is 692 g/mol. The second-order valence-corrected chi connectivity index (χ2v) is 14.3. The lowest BCUT2D eigenvalue weighted by Crippen LogP contribution is -2.41. The molecule has 3 atom stereocenters. The molecule has 3 aromatic carbocycles. The van der Waals surface area contributed by atoms with Gasteiger partial charge in [-0.1, -0.05) is 24.3 Å². The first kappa shape index (κ1) is 37.2. The molecule has 1 aliphatic heterocycles. The number of carboxylic acid groups (broad SMARTS) is 2. The van der Waals surface area contributed by atoms with Crippen molar-refractivity contribution >= 4 is 45.3 Å². The Bertz CT molecular complexity index is 2070. The van der Waals surface area contributed by atoms with Crippen molar-refractivity contribution in [3.63, 3.8) is 0 Å². The Morgan fingerprint density at radius 2 is 1.84 bits per heavy atom. The number of aryl methyl sites for hydroxylation is 1. The Labute approximate surface area is 292 Å². The van der Waals surface area contributed by atoms with Crippen LogP contribution < -0.4 is 10.5 Å². The van der Waals surface area contributed by atoms with Crippen LogP contribution in [0.5, 0.6) is 11.5 Å². The van der Waals surface area contributed by atoms with Crippen LogP contribution in [-0.2, 0) is 38.6 Å². The van der Waals surface area contributed by atoms with Crippen molar-refractivity contribution in [3.8, 4) is 11.5 Å². The Hall–Kier alpha value is -5.05. The van der Waals surface area contributed by atoms with E-state index in [1.807, 2.05) is 0 Å². The number of carboxylic acids is 2. The average molecular weight is 729 g/mol. The number of amidine groups is 2. The highest BCUT2D eigenvalue weighted by atomic mass is 32.2. The Balaban J connectivity index is 1.68. The summed E-state index contributed by atoms with van der Waals surface area (Å²) in [5.41, 5.74) is 6.30. The first-order chi connectivity index (χ1) is 24.1. The van der Waals surface area contributed by atoms with Gasteiger partial charge in [0.1, 0.15) is 22.7 Å². The van der Waals surface area contributed by atoms with E-state index in [1.165, 1.54) is 25.4 Å². The van der Waals surface area contributed by atoms with Crippen molar-refractivity contribution in [1.82, 2.24) is 4.98 Å². The number of nitrogens with one attached hydrogen (secondary N) is 1. The lowest BCUT2D eigenvalue weighted by Gasteiger charge is -2.32.